The first-order valence-electron chi connectivity index (χ1n) is 6.00. The molecule has 0 radical (unpaired) electrons. The Kier molecular flexibility index (Phi) is 3.88. The highest BCUT2D eigenvalue weighted by Gasteiger charge is 2.17. The molecule has 3 rings (SSSR count). The smallest absolute Gasteiger partial charge is 0.132 e. The molecule has 1 atom stereocenters. The number of aromatic nitrogens is 3. The fourth-order valence-corrected chi connectivity index (χ4v) is 3.39. The summed E-state index contributed by atoms with van der Waals surface area (Å²) in [6, 6.07) is 7.71. The molecule has 102 valence electrons. The summed E-state index contributed by atoms with van der Waals surface area (Å²) in [5.41, 5.74) is 2.84. The van der Waals surface area contributed by atoms with Crippen molar-refractivity contribution in [3.63, 3.8) is 0 Å². The number of alkyl halides is 1. The molecule has 0 aliphatic carbocycles. The predicted octanol–water partition coefficient (Wildman–Crippen LogP) is 4.98. The predicted molar refractivity (Wildman–Crippen MR) is 90.9 cm³/mol. The zero-order valence-corrected chi connectivity index (χ0v) is 14.2. The lowest BCUT2D eigenvalue weighted by Crippen LogP contribution is -2.03. The third kappa shape index (κ3) is 2.40. The molecule has 20 heavy (non-hydrogen) atoms. The third-order valence-corrected chi connectivity index (χ3v) is 4.28. The van der Waals surface area contributed by atoms with Crippen LogP contribution in [-0.2, 0) is 0 Å². The third-order valence-electron chi connectivity index (χ3n) is 2.99. The van der Waals surface area contributed by atoms with E-state index in [9.17, 15) is 0 Å². The van der Waals surface area contributed by atoms with E-state index in [1.165, 1.54) is 0 Å². The van der Waals surface area contributed by atoms with Crippen molar-refractivity contribution in [2.45, 2.75) is 12.3 Å². The zero-order valence-electron chi connectivity index (χ0n) is 10.5. The van der Waals surface area contributed by atoms with Gasteiger partial charge in [0.25, 0.3) is 0 Å². The van der Waals surface area contributed by atoms with Crippen molar-refractivity contribution in [3.8, 4) is 5.69 Å². The first-order chi connectivity index (χ1) is 9.58. The van der Waals surface area contributed by atoms with Crippen LogP contribution in [0.3, 0.4) is 0 Å². The van der Waals surface area contributed by atoms with Crippen LogP contribution in [0, 0.1) is 3.57 Å². The van der Waals surface area contributed by atoms with Crippen molar-refractivity contribution in [2.24, 2.45) is 0 Å². The van der Waals surface area contributed by atoms with Crippen molar-refractivity contribution < 1.29 is 0 Å². The number of hydrogen-bond donors (Lipinski definition) is 0. The highest BCUT2D eigenvalue weighted by Crippen LogP contribution is 2.30. The lowest BCUT2D eigenvalue weighted by molar-refractivity contribution is 0.880. The monoisotopic (exact) mass is 417 g/mol. The average Bonchev–Trinajstić information content (AvgIpc) is 2.78. The van der Waals surface area contributed by atoms with Crippen LogP contribution in [0.25, 0.3) is 16.7 Å². The van der Waals surface area contributed by atoms with E-state index in [1.807, 2.05) is 31.2 Å². The molecular formula is C14H10Cl2IN3. The Hall–Kier alpha value is -0.850. The number of imidazole rings is 1. The van der Waals surface area contributed by atoms with E-state index >= 15 is 0 Å². The lowest BCUT2D eigenvalue weighted by atomic mass is 10.3. The summed E-state index contributed by atoms with van der Waals surface area (Å²) in [7, 11) is 0. The topological polar surface area (TPSA) is 30.7 Å². The second-order valence-electron chi connectivity index (χ2n) is 4.38. The average molecular weight is 418 g/mol. The van der Waals surface area contributed by atoms with Gasteiger partial charge in [-0.25, -0.2) is 4.98 Å². The Morgan fingerprint density at radius 2 is 2.10 bits per heavy atom. The van der Waals surface area contributed by atoms with Crippen molar-refractivity contribution >= 4 is 56.8 Å². The molecule has 0 saturated heterocycles. The highest BCUT2D eigenvalue weighted by atomic mass is 127. The maximum atomic E-state index is 6.28. The normalized spacial score (nSPS) is 12.8. The van der Waals surface area contributed by atoms with Gasteiger partial charge in [-0.1, -0.05) is 11.6 Å². The van der Waals surface area contributed by atoms with Crippen LogP contribution in [-0.4, -0.2) is 14.5 Å². The molecule has 0 aliphatic rings. The molecule has 0 spiro atoms. The number of fused-ring (bicyclic) bond motifs is 1. The van der Waals surface area contributed by atoms with E-state index < -0.39 is 0 Å². The first-order valence-corrected chi connectivity index (χ1v) is 7.89. The molecule has 3 nitrogen and oxygen atoms in total. The van der Waals surface area contributed by atoms with Gasteiger partial charge in [0, 0.05) is 14.8 Å². The van der Waals surface area contributed by atoms with Gasteiger partial charge < -0.3 is 0 Å². The van der Waals surface area contributed by atoms with E-state index in [0.29, 0.717) is 5.02 Å². The summed E-state index contributed by atoms with van der Waals surface area (Å²) in [5.74, 6) is 0.801. The van der Waals surface area contributed by atoms with Gasteiger partial charge in [-0.15, -0.1) is 11.6 Å². The van der Waals surface area contributed by atoms with E-state index in [4.69, 9.17) is 23.2 Å². The number of hydrogen-bond acceptors (Lipinski definition) is 2. The number of pyridine rings is 1. The van der Waals surface area contributed by atoms with E-state index in [2.05, 4.69) is 37.1 Å². The standard InChI is InChI=1S/C14H10Cl2IN3/c1-8(15)14-19-11-7-18-5-4-13(11)20(14)12-3-2-9(16)6-10(12)17/h2-8H,1H3. The molecule has 0 fully saturated rings. The molecule has 2 aromatic heterocycles. The van der Waals surface area contributed by atoms with Gasteiger partial charge in [-0.05, 0) is 53.8 Å². The summed E-state index contributed by atoms with van der Waals surface area (Å²) in [4.78, 5) is 8.70. The Morgan fingerprint density at radius 1 is 1.30 bits per heavy atom. The summed E-state index contributed by atoms with van der Waals surface area (Å²) in [5, 5.41) is 0.513. The highest BCUT2D eigenvalue weighted by molar-refractivity contribution is 14.1. The van der Waals surface area contributed by atoms with Gasteiger partial charge in [0.1, 0.15) is 11.3 Å². The Morgan fingerprint density at radius 3 is 2.80 bits per heavy atom. The van der Waals surface area contributed by atoms with E-state index in [0.717, 1.165) is 26.1 Å². The molecular weight excluding hydrogens is 408 g/mol. The molecule has 1 unspecified atom stereocenters. The summed E-state index contributed by atoms with van der Waals surface area (Å²) in [6.45, 7) is 1.91. The molecule has 1 aromatic carbocycles. The molecule has 2 heterocycles. The fraction of sp³-hybridized carbons (Fsp3) is 0.143. The Balaban J connectivity index is 2.36. The van der Waals surface area contributed by atoms with Gasteiger partial charge in [0.15, 0.2) is 0 Å². The molecule has 0 saturated carbocycles. The molecule has 0 bridgehead atoms. The zero-order chi connectivity index (χ0) is 14.3. The molecule has 0 aliphatic heterocycles. The molecule has 0 amide bonds. The van der Waals surface area contributed by atoms with Crippen LogP contribution in [0.1, 0.15) is 18.1 Å². The number of nitrogens with zero attached hydrogens (tertiary/aromatic N) is 3. The maximum absolute atomic E-state index is 6.28. The summed E-state index contributed by atoms with van der Waals surface area (Å²) >= 11 is 14.6. The fourth-order valence-electron chi connectivity index (χ4n) is 2.13. The van der Waals surface area contributed by atoms with Crippen molar-refractivity contribution in [3.05, 3.63) is 51.1 Å². The largest absolute Gasteiger partial charge is 0.294 e. The van der Waals surface area contributed by atoms with Gasteiger partial charge in [-0.2, -0.15) is 0 Å². The van der Waals surface area contributed by atoms with Crippen LogP contribution in [0.15, 0.2) is 36.7 Å². The van der Waals surface area contributed by atoms with Crippen LogP contribution >= 0.6 is 45.8 Å². The first kappa shape index (κ1) is 14.1. The second-order valence-corrected chi connectivity index (χ2v) is 6.63. The van der Waals surface area contributed by atoms with Gasteiger partial charge in [0.05, 0.1) is 22.8 Å². The van der Waals surface area contributed by atoms with Gasteiger partial charge in [0.2, 0.25) is 0 Å². The number of halogens is 3. The summed E-state index contributed by atoms with van der Waals surface area (Å²) < 4.78 is 3.11. The van der Waals surface area contributed by atoms with Crippen molar-refractivity contribution in [1.82, 2.24) is 14.5 Å². The second kappa shape index (κ2) is 5.50. The lowest BCUT2D eigenvalue weighted by Gasteiger charge is -2.12. The van der Waals surface area contributed by atoms with Crippen LogP contribution in [0.5, 0.6) is 0 Å². The van der Waals surface area contributed by atoms with Gasteiger partial charge >= 0.3 is 0 Å². The Bertz CT molecular complexity index is 783. The molecule has 6 heteroatoms. The minimum atomic E-state index is -0.200. The molecule has 3 aromatic rings. The van der Waals surface area contributed by atoms with E-state index in [-0.39, 0.29) is 5.38 Å². The van der Waals surface area contributed by atoms with Gasteiger partial charge in [-0.3, -0.25) is 9.55 Å². The summed E-state index contributed by atoms with van der Waals surface area (Å²) in [6.07, 6.45) is 3.50. The van der Waals surface area contributed by atoms with Crippen molar-refractivity contribution in [1.29, 1.82) is 0 Å². The SMILES string of the molecule is CC(Cl)c1nc2cnccc2n1-c1ccc(Cl)cc1I. The quantitative estimate of drug-likeness (QED) is 0.435. The Labute approximate surface area is 140 Å². The molecule has 0 N–H and O–H groups in total. The maximum Gasteiger partial charge on any atom is 0.132 e. The van der Waals surface area contributed by atoms with Crippen LogP contribution in [0.4, 0.5) is 0 Å². The minimum Gasteiger partial charge on any atom is -0.294 e. The number of benzene rings is 1. The van der Waals surface area contributed by atoms with Crippen LogP contribution in [0.2, 0.25) is 5.02 Å². The number of rotatable bonds is 2. The van der Waals surface area contributed by atoms with Crippen molar-refractivity contribution in [2.75, 3.05) is 0 Å². The van der Waals surface area contributed by atoms with E-state index in [1.54, 1.807) is 12.4 Å². The minimum absolute atomic E-state index is 0.200. The van der Waals surface area contributed by atoms with Crippen LogP contribution < -0.4 is 0 Å².